The average Bonchev–Trinajstić information content (AvgIpc) is 3.82. The number of carbonyl (C=O) groups is 1. The van der Waals surface area contributed by atoms with Crippen LogP contribution in [0.5, 0.6) is 0 Å². The van der Waals surface area contributed by atoms with Crippen molar-refractivity contribution in [1.82, 2.24) is 29.5 Å². The van der Waals surface area contributed by atoms with Crippen LogP contribution in [0.2, 0.25) is 18.1 Å². The van der Waals surface area contributed by atoms with Gasteiger partial charge in [0.2, 0.25) is 17.6 Å². The van der Waals surface area contributed by atoms with E-state index in [1.807, 2.05) is 13.1 Å². The van der Waals surface area contributed by atoms with Gasteiger partial charge in [0.05, 0.1) is 51.3 Å². The molecule has 4 unspecified atom stereocenters. The third-order valence-electron chi connectivity index (χ3n) is 10.5. The Morgan fingerprint density at radius 2 is 2.00 bits per heavy atom. The molecule has 6 rings (SSSR count). The minimum atomic E-state index is -3.93. The van der Waals surface area contributed by atoms with Crippen molar-refractivity contribution in [3.05, 3.63) is 35.3 Å². The number of amides is 1. The molecule has 0 aromatic carbocycles. The molecule has 1 amide bonds. The molecule has 3 fully saturated rings. The Labute approximate surface area is 341 Å². The number of nitriles is 1. The van der Waals surface area contributed by atoms with Crippen LogP contribution in [-0.2, 0) is 65.9 Å². The summed E-state index contributed by atoms with van der Waals surface area (Å²) in [5.41, 5.74) is -2.49. The highest BCUT2D eigenvalue weighted by Crippen LogP contribution is 2.60. The van der Waals surface area contributed by atoms with Gasteiger partial charge < -0.3 is 37.5 Å². The minimum Gasteiger partial charge on any atom is -0.406 e. The van der Waals surface area contributed by atoms with Gasteiger partial charge in [0.25, 0.3) is 5.56 Å². The Morgan fingerprint density at radius 3 is 2.68 bits per heavy atom. The molecule has 0 spiro atoms. The predicted octanol–water partition coefficient (Wildman–Crippen LogP) is 4.66. The summed E-state index contributed by atoms with van der Waals surface area (Å²) >= 11 is 11.8. The number of hydrogen-bond acceptors (Lipinski definition) is 17. The highest BCUT2D eigenvalue weighted by Gasteiger charge is 2.60. The van der Waals surface area contributed by atoms with Crippen LogP contribution in [0.4, 0.5) is 11.8 Å². The molecular formula is C33H49N9O10P2S2Si. The number of ether oxygens (including phenoxy) is 1. The lowest BCUT2D eigenvalue weighted by atomic mass is 10.1. The first-order valence-electron chi connectivity index (χ1n) is 18.5. The fraction of sp³-hybridized carbons (Fsp3) is 0.667. The Kier molecular flexibility index (Phi) is 13.2. The lowest BCUT2D eigenvalue weighted by molar-refractivity contribution is -0.118. The summed E-state index contributed by atoms with van der Waals surface area (Å²) in [5, 5.41) is 15.2. The van der Waals surface area contributed by atoms with E-state index in [2.05, 4.69) is 62.4 Å². The molecule has 3 aromatic rings. The van der Waals surface area contributed by atoms with Crippen molar-refractivity contribution in [1.29, 1.82) is 5.26 Å². The molecule has 24 heteroatoms. The van der Waals surface area contributed by atoms with E-state index in [4.69, 9.17) is 55.4 Å². The molecule has 1 aliphatic carbocycles. The molecule has 2 aliphatic heterocycles. The van der Waals surface area contributed by atoms with Crippen LogP contribution >= 0.6 is 13.4 Å². The number of aromatic nitrogens is 6. The molecule has 3 aromatic heterocycles. The number of anilines is 2. The Balaban J connectivity index is 1.49. The highest BCUT2D eigenvalue weighted by atomic mass is 32.5. The second-order valence-electron chi connectivity index (χ2n) is 16.0. The monoisotopic (exact) mass is 885 g/mol. The van der Waals surface area contributed by atoms with Gasteiger partial charge in [-0.25, -0.2) is 15.0 Å². The number of imidazole rings is 1. The van der Waals surface area contributed by atoms with E-state index in [0.29, 0.717) is 18.7 Å². The van der Waals surface area contributed by atoms with Crippen molar-refractivity contribution in [3.8, 4) is 6.07 Å². The SMILES string of the molecule is CC(C)C(=O)Nc1nc2c(ncn2[C@]23COC(COP(O)(=S)O[C@H]4C[C@H](Nc5ccncn5)C[C@@H]4COP(=S)(OCCC#N)O2)C3O[Si](C)(C)C(C)(C)C)c(=O)[nH]1. The van der Waals surface area contributed by atoms with Crippen LogP contribution in [0.25, 0.3) is 11.2 Å². The summed E-state index contributed by atoms with van der Waals surface area (Å²) in [4.78, 5) is 57.6. The van der Waals surface area contributed by atoms with Crippen LogP contribution in [-0.4, -0.2) is 99.4 Å². The normalized spacial score (nSPS) is 31.2. The van der Waals surface area contributed by atoms with Crippen molar-refractivity contribution < 1.29 is 41.5 Å². The van der Waals surface area contributed by atoms with E-state index in [1.165, 1.54) is 17.2 Å². The van der Waals surface area contributed by atoms with Crippen molar-refractivity contribution in [2.24, 2.45) is 11.8 Å². The molecule has 2 bridgehead atoms. The number of aromatic amines is 1. The van der Waals surface area contributed by atoms with E-state index in [1.54, 1.807) is 26.1 Å². The number of fused-ring (bicyclic) bond motifs is 4. The molecule has 57 heavy (non-hydrogen) atoms. The number of H-pyrrole nitrogens is 1. The number of carbonyl (C=O) groups excluding carboxylic acids is 1. The van der Waals surface area contributed by atoms with Crippen LogP contribution in [0.1, 0.15) is 53.9 Å². The van der Waals surface area contributed by atoms with E-state index >= 15 is 0 Å². The number of rotatable bonds is 10. The Morgan fingerprint density at radius 1 is 1.23 bits per heavy atom. The molecule has 3 aliphatic rings. The Bertz CT molecular complexity index is 2140. The van der Waals surface area contributed by atoms with Crippen LogP contribution in [0.15, 0.2) is 29.7 Å². The lowest BCUT2D eigenvalue weighted by Gasteiger charge is -2.45. The first-order chi connectivity index (χ1) is 26.7. The second kappa shape index (κ2) is 17.2. The second-order valence-corrected chi connectivity index (χ2v) is 26.5. The standard InChI is InChI=1S/C33H49N9O10P2S2Si/c1-20(2)29(43)40-31-39-28-26(30(44)41-31)37-19-42(28)33-17-46-24(27(33)51-57(6,7)32(3,4)5)16-48-53(45,55)50-23-14-22(38-25-9-11-35-18-36-25)13-21(23)15-49-54(56,52-33)47-12-8-10-34/h9,11,18-24,27H,8,12-17H2,1-7H3,(H,45,55)(H,35,36,38)(H2,39,40,41,43,44)/t21-,22-,23+,24?,27?,33-,53?,54?/m1/s1. The van der Waals surface area contributed by atoms with Crippen LogP contribution in [0.3, 0.4) is 0 Å². The molecular weight excluding hydrogens is 837 g/mol. The van der Waals surface area contributed by atoms with Crippen molar-refractivity contribution in [3.63, 3.8) is 0 Å². The van der Waals surface area contributed by atoms with Gasteiger partial charge in [-0.1, -0.05) is 34.6 Å². The zero-order valence-corrected chi connectivity index (χ0v) is 37.2. The summed E-state index contributed by atoms with van der Waals surface area (Å²) < 4.78 is 47.2. The largest absolute Gasteiger partial charge is 0.406 e. The van der Waals surface area contributed by atoms with Crippen molar-refractivity contribution in [2.75, 3.05) is 37.1 Å². The van der Waals surface area contributed by atoms with Gasteiger partial charge in [0.15, 0.2) is 19.5 Å². The molecule has 4 N–H and O–H groups in total. The van der Waals surface area contributed by atoms with Gasteiger partial charge in [0.1, 0.15) is 24.4 Å². The van der Waals surface area contributed by atoms with Crippen LogP contribution < -0.4 is 16.2 Å². The predicted molar refractivity (Wildman–Crippen MR) is 218 cm³/mol. The van der Waals surface area contributed by atoms with Crippen molar-refractivity contribution >= 4 is 74.2 Å². The third kappa shape index (κ3) is 9.89. The van der Waals surface area contributed by atoms with Crippen LogP contribution in [0, 0.1) is 23.2 Å². The summed E-state index contributed by atoms with van der Waals surface area (Å²) in [7, 11) is -2.76. The van der Waals surface area contributed by atoms with E-state index in [0.717, 1.165) is 0 Å². The Hall–Kier alpha value is -2.61. The van der Waals surface area contributed by atoms with Crippen molar-refractivity contribution in [2.45, 2.75) is 102 Å². The summed E-state index contributed by atoms with van der Waals surface area (Å²) in [5.74, 6) is -0.699. The number of nitrogens with zero attached hydrogens (tertiary/aromatic N) is 6. The van der Waals surface area contributed by atoms with E-state index in [9.17, 15) is 19.7 Å². The third-order valence-corrected chi connectivity index (χ3v) is 18.9. The maximum atomic E-state index is 13.5. The van der Waals surface area contributed by atoms with Gasteiger partial charge >= 0.3 is 13.4 Å². The van der Waals surface area contributed by atoms with Gasteiger partial charge in [-0.05, 0) is 60.7 Å². The summed E-state index contributed by atoms with van der Waals surface area (Å²) in [6.45, 7) is 5.09. The maximum Gasteiger partial charge on any atom is 0.329 e. The molecule has 0 radical (unpaired) electrons. The molecule has 19 nitrogen and oxygen atoms in total. The topological polar surface area (TPSA) is 239 Å². The summed E-state index contributed by atoms with van der Waals surface area (Å²) in [6, 6.07) is 3.64. The van der Waals surface area contributed by atoms with E-state index < -0.39 is 63.2 Å². The molecule has 312 valence electrons. The minimum absolute atomic E-state index is 0.0137. The van der Waals surface area contributed by atoms with E-state index in [-0.39, 0.29) is 66.9 Å². The first-order valence-corrected chi connectivity index (χ1v) is 26.5. The number of hydrogen-bond donors (Lipinski definition) is 4. The quantitative estimate of drug-likeness (QED) is 0.123. The molecule has 1 saturated carbocycles. The first kappa shape index (κ1) is 44.0. The van der Waals surface area contributed by atoms with Gasteiger partial charge in [0, 0.05) is 24.1 Å². The zero-order valence-electron chi connectivity index (χ0n) is 32.7. The lowest BCUT2D eigenvalue weighted by Crippen LogP contribution is -2.56. The fourth-order valence-electron chi connectivity index (χ4n) is 6.46. The molecule has 8 atom stereocenters. The maximum absolute atomic E-state index is 13.5. The van der Waals surface area contributed by atoms with Gasteiger partial charge in [-0.3, -0.25) is 29.0 Å². The number of nitrogens with one attached hydrogen (secondary N) is 3. The average molecular weight is 886 g/mol. The smallest absolute Gasteiger partial charge is 0.329 e. The molecule has 2 saturated heterocycles. The summed E-state index contributed by atoms with van der Waals surface area (Å²) in [6.07, 6.45) is 2.61. The van der Waals surface area contributed by atoms with Gasteiger partial charge in [-0.2, -0.15) is 10.2 Å². The zero-order chi connectivity index (χ0) is 41.4. The fourth-order valence-corrected chi connectivity index (χ4v) is 11.6. The molecule has 5 heterocycles. The highest BCUT2D eigenvalue weighted by molar-refractivity contribution is 8.07. The van der Waals surface area contributed by atoms with Gasteiger partial charge in [-0.15, -0.1) is 0 Å².